The van der Waals surface area contributed by atoms with Gasteiger partial charge in [0, 0.05) is 17.1 Å². The van der Waals surface area contributed by atoms with Crippen LogP contribution in [0.1, 0.15) is 29.7 Å². The fourth-order valence-corrected chi connectivity index (χ4v) is 4.13. The number of anilines is 1. The van der Waals surface area contributed by atoms with Crippen LogP contribution < -0.4 is 9.64 Å². The molecule has 1 amide bonds. The Morgan fingerprint density at radius 1 is 1.13 bits per heavy atom. The summed E-state index contributed by atoms with van der Waals surface area (Å²) in [5.74, 6) is -1.00. The molecule has 6 nitrogen and oxygen atoms in total. The van der Waals surface area contributed by atoms with Crippen molar-refractivity contribution in [3.63, 3.8) is 0 Å². The highest BCUT2D eigenvalue weighted by Gasteiger charge is 2.47. The number of carbonyl (C=O) groups excluding carboxylic acids is 2. The molecule has 0 saturated carbocycles. The minimum Gasteiger partial charge on any atom is -0.507 e. The molecule has 1 saturated heterocycles. The van der Waals surface area contributed by atoms with E-state index < -0.39 is 17.7 Å². The number of ketones is 1. The van der Waals surface area contributed by atoms with Gasteiger partial charge < -0.3 is 9.84 Å². The van der Waals surface area contributed by atoms with Gasteiger partial charge in [0.25, 0.3) is 5.78 Å². The van der Waals surface area contributed by atoms with E-state index in [1.807, 2.05) is 38.1 Å². The summed E-state index contributed by atoms with van der Waals surface area (Å²) >= 11 is 1.27. The number of aliphatic hydroxyl groups is 1. The summed E-state index contributed by atoms with van der Waals surface area (Å²) < 4.78 is 5.44. The third-order valence-electron chi connectivity index (χ3n) is 4.90. The molecule has 1 unspecified atom stereocenters. The van der Waals surface area contributed by atoms with Crippen LogP contribution >= 0.6 is 11.3 Å². The first-order valence-electron chi connectivity index (χ1n) is 9.51. The standard InChI is InChI=1S/C23H20N2O4S/c1-3-29-17-10-8-16(9-11-17)20(26)18-19(15-6-4-14(2)5-7-15)25(22(28)21(18)27)23-24-12-13-30-23/h4-13,19,26H,3H2,1-2H3. The predicted molar refractivity (Wildman–Crippen MR) is 116 cm³/mol. The third-order valence-corrected chi connectivity index (χ3v) is 5.67. The lowest BCUT2D eigenvalue weighted by molar-refractivity contribution is -0.132. The zero-order valence-corrected chi connectivity index (χ0v) is 17.3. The molecule has 2 aromatic carbocycles. The zero-order chi connectivity index (χ0) is 21.3. The van der Waals surface area contributed by atoms with Crippen molar-refractivity contribution >= 4 is 33.9 Å². The van der Waals surface area contributed by atoms with Gasteiger partial charge in [-0.25, -0.2) is 4.98 Å². The van der Waals surface area contributed by atoms with Gasteiger partial charge in [-0.1, -0.05) is 29.8 Å². The van der Waals surface area contributed by atoms with E-state index in [0.717, 1.165) is 11.1 Å². The van der Waals surface area contributed by atoms with Crippen LogP contribution in [0.15, 0.2) is 65.7 Å². The van der Waals surface area contributed by atoms with Gasteiger partial charge in [-0.15, -0.1) is 11.3 Å². The van der Waals surface area contributed by atoms with Crippen LogP contribution in [0.5, 0.6) is 5.75 Å². The van der Waals surface area contributed by atoms with Crippen LogP contribution in [-0.4, -0.2) is 28.4 Å². The number of rotatable bonds is 5. The number of Topliss-reactive ketones (excluding diaryl/α,β-unsaturated/α-hetero) is 1. The molecular formula is C23H20N2O4S. The van der Waals surface area contributed by atoms with Gasteiger partial charge >= 0.3 is 5.91 Å². The first-order chi connectivity index (χ1) is 14.5. The van der Waals surface area contributed by atoms with Crippen LogP contribution in [0.2, 0.25) is 0 Å². The van der Waals surface area contributed by atoms with E-state index in [1.54, 1.807) is 35.8 Å². The average molecular weight is 420 g/mol. The van der Waals surface area contributed by atoms with Crippen LogP contribution in [0.4, 0.5) is 5.13 Å². The highest BCUT2D eigenvalue weighted by Crippen LogP contribution is 2.42. The summed E-state index contributed by atoms with van der Waals surface area (Å²) in [4.78, 5) is 31.5. The molecule has 1 N–H and O–H groups in total. The van der Waals surface area contributed by atoms with Crippen molar-refractivity contribution in [3.05, 3.63) is 82.4 Å². The zero-order valence-electron chi connectivity index (χ0n) is 16.5. The van der Waals surface area contributed by atoms with Gasteiger partial charge in [0.1, 0.15) is 11.5 Å². The molecule has 1 aliphatic heterocycles. The lowest BCUT2D eigenvalue weighted by Gasteiger charge is -2.23. The van der Waals surface area contributed by atoms with Crippen LogP contribution in [0, 0.1) is 6.92 Å². The number of aryl methyl sites for hydroxylation is 1. The number of amides is 1. The number of thiazole rings is 1. The molecule has 0 radical (unpaired) electrons. The van der Waals surface area contributed by atoms with E-state index in [1.165, 1.54) is 16.2 Å². The van der Waals surface area contributed by atoms with E-state index in [0.29, 0.717) is 23.1 Å². The van der Waals surface area contributed by atoms with Crippen molar-refractivity contribution in [1.29, 1.82) is 0 Å². The van der Waals surface area contributed by atoms with Crippen LogP contribution in [0.25, 0.3) is 5.76 Å². The van der Waals surface area contributed by atoms with Crippen molar-refractivity contribution in [2.75, 3.05) is 11.5 Å². The van der Waals surface area contributed by atoms with E-state index >= 15 is 0 Å². The Morgan fingerprint density at radius 3 is 2.43 bits per heavy atom. The minimum atomic E-state index is -0.761. The number of aromatic nitrogens is 1. The Morgan fingerprint density at radius 2 is 1.83 bits per heavy atom. The van der Waals surface area contributed by atoms with Crippen molar-refractivity contribution in [2.45, 2.75) is 19.9 Å². The van der Waals surface area contributed by atoms with Crippen molar-refractivity contribution in [1.82, 2.24) is 4.98 Å². The molecule has 1 atom stereocenters. The Balaban J connectivity index is 1.86. The summed E-state index contributed by atoms with van der Waals surface area (Å²) in [6.45, 7) is 4.37. The molecule has 1 aromatic heterocycles. The number of ether oxygens (including phenoxy) is 1. The number of hydrogen-bond donors (Lipinski definition) is 1. The highest BCUT2D eigenvalue weighted by atomic mass is 32.1. The summed E-state index contributed by atoms with van der Waals surface area (Å²) in [7, 11) is 0. The normalized spacial score (nSPS) is 18.1. The Labute approximate surface area is 178 Å². The fraction of sp³-hybridized carbons (Fsp3) is 0.174. The largest absolute Gasteiger partial charge is 0.507 e. The Bertz CT molecular complexity index is 1100. The van der Waals surface area contributed by atoms with Crippen molar-refractivity contribution in [3.8, 4) is 5.75 Å². The lowest BCUT2D eigenvalue weighted by atomic mass is 9.95. The van der Waals surface area contributed by atoms with Crippen LogP contribution in [0.3, 0.4) is 0 Å². The molecule has 0 aliphatic carbocycles. The molecule has 0 spiro atoms. The summed E-state index contributed by atoms with van der Waals surface area (Å²) in [6, 6.07) is 13.6. The number of hydrogen-bond acceptors (Lipinski definition) is 6. The van der Waals surface area contributed by atoms with Gasteiger partial charge in [-0.3, -0.25) is 14.5 Å². The van der Waals surface area contributed by atoms with E-state index in [4.69, 9.17) is 4.74 Å². The Hall–Kier alpha value is -3.45. The van der Waals surface area contributed by atoms with Crippen LogP contribution in [-0.2, 0) is 9.59 Å². The molecule has 152 valence electrons. The molecule has 2 heterocycles. The summed E-state index contributed by atoms with van der Waals surface area (Å²) in [5.41, 5.74) is 2.26. The maximum absolute atomic E-state index is 13.0. The van der Waals surface area contributed by atoms with Gasteiger partial charge in [-0.05, 0) is 43.7 Å². The van der Waals surface area contributed by atoms with Crippen molar-refractivity contribution in [2.24, 2.45) is 0 Å². The van der Waals surface area contributed by atoms with E-state index in [2.05, 4.69) is 4.98 Å². The quantitative estimate of drug-likeness (QED) is 0.374. The van der Waals surface area contributed by atoms with Gasteiger partial charge in [0.15, 0.2) is 5.13 Å². The smallest absolute Gasteiger partial charge is 0.301 e. The topological polar surface area (TPSA) is 79.7 Å². The highest BCUT2D eigenvalue weighted by molar-refractivity contribution is 7.14. The third kappa shape index (κ3) is 3.48. The molecule has 30 heavy (non-hydrogen) atoms. The molecule has 1 aliphatic rings. The van der Waals surface area contributed by atoms with Gasteiger partial charge in [0.2, 0.25) is 0 Å². The minimum absolute atomic E-state index is 0.0446. The number of carbonyl (C=O) groups is 2. The summed E-state index contributed by atoms with van der Waals surface area (Å²) in [5, 5.41) is 13.2. The first-order valence-corrected chi connectivity index (χ1v) is 10.4. The monoisotopic (exact) mass is 420 g/mol. The van der Waals surface area contributed by atoms with E-state index in [-0.39, 0.29) is 11.3 Å². The van der Waals surface area contributed by atoms with Gasteiger partial charge in [0.05, 0.1) is 18.2 Å². The molecule has 3 aromatic rings. The second kappa shape index (κ2) is 8.12. The molecular weight excluding hydrogens is 400 g/mol. The van der Waals surface area contributed by atoms with Crippen molar-refractivity contribution < 1.29 is 19.4 Å². The number of benzene rings is 2. The lowest BCUT2D eigenvalue weighted by Crippen LogP contribution is -2.29. The number of aliphatic hydroxyl groups excluding tert-OH is 1. The maximum atomic E-state index is 13.0. The summed E-state index contributed by atoms with van der Waals surface area (Å²) in [6.07, 6.45) is 1.58. The second-order valence-electron chi connectivity index (χ2n) is 6.85. The maximum Gasteiger partial charge on any atom is 0.301 e. The average Bonchev–Trinajstić information content (AvgIpc) is 3.36. The van der Waals surface area contributed by atoms with E-state index in [9.17, 15) is 14.7 Å². The first kappa shape index (κ1) is 19.8. The van der Waals surface area contributed by atoms with Gasteiger partial charge in [-0.2, -0.15) is 0 Å². The molecule has 1 fully saturated rings. The second-order valence-corrected chi connectivity index (χ2v) is 7.72. The Kier molecular flexibility index (Phi) is 5.37. The fourth-order valence-electron chi connectivity index (χ4n) is 3.46. The molecule has 0 bridgehead atoms. The predicted octanol–water partition coefficient (Wildman–Crippen LogP) is 4.48. The SMILES string of the molecule is CCOc1ccc(C(O)=C2C(=O)C(=O)N(c3nccs3)C2c2ccc(C)cc2)cc1. The number of nitrogens with zero attached hydrogens (tertiary/aromatic N) is 2. The molecule has 4 rings (SSSR count). The molecule has 7 heteroatoms.